The largest absolute Gasteiger partial charge is 0.493 e. The number of carboxylic acids is 1. The van der Waals surface area contributed by atoms with Crippen molar-refractivity contribution in [2.75, 3.05) is 13.4 Å². The summed E-state index contributed by atoms with van der Waals surface area (Å²) in [5, 5.41) is 9.84. The summed E-state index contributed by atoms with van der Waals surface area (Å²) in [6, 6.07) is 11.0. The summed E-state index contributed by atoms with van der Waals surface area (Å²) in [7, 11) is 1.51. The van der Waals surface area contributed by atoms with E-state index in [1.54, 1.807) is 23.9 Å². The molecule has 0 amide bonds. The topological polar surface area (TPSA) is 86.0 Å². The molecule has 0 atom stereocenters. The molecule has 1 N–H and O–H groups in total. The molecule has 28 heavy (non-hydrogen) atoms. The van der Waals surface area contributed by atoms with Crippen LogP contribution in [0.4, 0.5) is 0 Å². The van der Waals surface area contributed by atoms with Gasteiger partial charge in [-0.05, 0) is 48.6 Å². The average Bonchev–Trinajstić information content (AvgIpc) is 3.04. The molecule has 1 heterocycles. The standard InChI is InChI=1S/C21H20O6S/c1-12(22)26-17-8-6-14(11-18(17)25-2)20-21(28-3)15-10-13(5-9-19(23)24)4-7-16(15)27-20/h4,6-8,10-11H,5,9H2,1-3H3,(H,23,24). The van der Waals surface area contributed by atoms with Crippen LogP contribution in [0.25, 0.3) is 22.3 Å². The minimum Gasteiger partial charge on any atom is -0.493 e. The first kappa shape index (κ1) is 19.8. The number of aliphatic carboxylic acids is 1. The molecule has 6 nitrogen and oxygen atoms in total. The monoisotopic (exact) mass is 400 g/mol. The molecule has 2 aromatic carbocycles. The Kier molecular flexibility index (Phi) is 5.94. The van der Waals surface area contributed by atoms with Gasteiger partial charge in [-0.2, -0.15) is 0 Å². The zero-order valence-corrected chi connectivity index (χ0v) is 16.6. The van der Waals surface area contributed by atoms with Crippen LogP contribution >= 0.6 is 11.8 Å². The zero-order chi connectivity index (χ0) is 20.3. The number of furan rings is 1. The Balaban J connectivity index is 2.05. The number of hydrogen-bond donors (Lipinski definition) is 1. The van der Waals surface area contributed by atoms with E-state index in [1.165, 1.54) is 14.0 Å². The van der Waals surface area contributed by atoms with Crippen LogP contribution < -0.4 is 9.47 Å². The lowest BCUT2D eigenvalue weighted by atomic mass is 10.1. The molecule has 0 radical (unpaired) electrons. The van der Waals surface area contributed by atoms with Crippen molar-refractivity contribution >= 4 is 34.7 Å². The maximum Gasteiger partial charge on any atom is 0.308 e. The summed E-state index contributed by atoms with van der Waals surface area (Å²) in [4.78, 5) is 23.0. The molecule has 0 unspecified atom stereocenters. The highest BCUT2D eigenvalue weighted by Gasteiger charge is 2.18. The van der Waals surface area contributed by atoms with Gasteiger partial charge in [0.2, 0.25) is 0 Å². The number of methoxy groups -OCH3 is 1. The summed E-state index contributed by atoms with van der Waals surface area (Å²) in [5.74, 6) is 0.218. The molecule has 0 aliphatic carbocycles. The van der Waals surface area contributed by atoms with Crippen molar-refractivity contribution in [3.8, 4) is 22.8 Å². The van der Waals surface area contributed by atoms with Crippen LogP contribution in [-0.2, 0) is 16.0 Å². The normalized spacial score (nSPS) is 10.8. The second-order valence-corrected chi connectivity index (χ2v) is 6.96. The number of hydrogen-bond acceptors (Lipinski definition) is 6. The highest BCUT2D eigenvalue weighted by atomic mass is 32.2. The van der Waals surface area contributed by atoms with Gasteiger partial charge in [-0.1, -0.05) is 6.07 Å². The van der Waals surface area contributed by atoms with E-state index in [1.807, 2.05) is 30.5 Å². The van der Waals surface area contributed by atoms with E-state index in [0.29, 0.717) is 23.7 Å². The lowest BCUT2D eigenvalue weighted by Gasteiger charge is -2.09. The maximum absolute atomic E-state index is 11.2. The molecule has 7 heteroatoms. The average molecular weight is 400 g/mol. The molecule has 0 saturated heterocycles. The van der Waals surface area contributed by atoms with Crippen molar-refractivity contribution in [1.29, 1.82) is 0 Å². The van der Waals surface area contributed by atoms with Gasteiger partial charge in [0.05, 0.1) is 12.0 Å². The molecular formula is C21H20O6S. The van der Waals surface area contributed by atoms with E-state index in [4.69, 9.17) is 19.0 Å². The molecule has 3 aromatic rings. The van der Waals surface area contributed by atoms with Crippen LogP contribution in [0.5, 0.6) is 11.5 Å². The Bertz CT molecular complexity index is 1040. The Morgan fingerprint density at radius 2 is 1.93 bits per heavy atom. The number of fused-ring (bicyclic) bond motifs is 1. The number of rotatable bonds is 7. The van der Waals surface area contributed by atoms with Crippen molar-refractivity contribution in [2.45, 2.75) is 24.7 Å². The molecular weight excluding hydrogens is 380 g/mol. The zero-order valence-electron chi connectivity index (χ0n) is 15.8. The quantitative estimate of drug-likeness (QED) is 0.347. The number of benzene rings is 2. The van der Waals surface area contributed by atoms with Gasteiger partial charge in [0.25, 0.3) is 0 Å². The first-order chi connectivity index (χ1) is 13.4. The third-order valence-electron chi connectivity index (χ3n) is 4.22. The maximum atomic E-state index is 11.2. The first-order valence-corrected chi connectivity index (χ1v) is 9.83. The smallest absolute Gasteiger partial charge is 0.308 e. The molecule has 0 fully saturated rings. The minimum absolute atomic E-state index is 0.0830. The second-order valence-electron chi connectivity index (χ2n) is 6.15. The van der Waals surface area contributed by atoms with Crippen molar-refractivity contribution < 1.29 is 28.6 Å². The SMILES string of the molecule is COc1cc(-c2oc3ccc(CCC(=O)O)cc3c2SC)ccc1OC(C)=O. The van der Waals surface area contributed by atoms with E-state index < -0.39 is 11.9 Å². The van der Waals surface area contributed by atoms with E-state index in [2.05, 4.69) is 0 Å². The molecule has 146 valence electrons. The van der Waals surface area contributed by atoms with E-state index in [9.17, 15) is 9.59 Å². The third kappa shape index (κ3) is 4.14. The van der Waals surface area contributed by atoms with Crippen LogP contribution in [0.3, 0.4) is 0 Å². The second kappa shape index (κ2) is 8.39. The Morgan fingerprint density at radius 3 is 2.57 bits per heavy atom. The molecule has 3 rings (SSSR count). The highest BCUT2D eigenvalue weighted by molar-refractivity contribution is 7.99. The molecule has 0 saturated carbocycles. The van der Waals surface area contributed by atoms with E-state index >= 15 is 0 Å². The fraction of sp³-hybridized carbons (Fsp3) is 0.238. The fourth-order valence-corrected chi connectivity index (χ4v) is 3.69. The van der Waals surface area contributed by atoms with Gasteiger partial charge in [0.15, 0.2) is 11.5 Å². The summed E-state index contributed by atoms with van der Waals surface area (Å²) in [5.41, 5.74) is 2.46. The Hall–Kier alpha value is -2.93. The van der Waals surface area contributed by atoms with Gasteiger partial charge in [0.1, 0.15) is 11.3 Å². The highest BCUT2D eigenvalue weighted by Crippen LogP contribution is 2.42. The van der Waals surface area contributed by atoms with E-state index in [-0.39, 0.29) is 6.42 Å². The number of carboxylic acid groups (broad SMARTS) is 1. The van der Waals surface area contributed by atoms with Gasteiger partial charge < -0.3 is 19.0 Å². The summed E-state index contributed by atoms with van der Waals surface area (Å²) in [6.45, 7) is 1.33. The lowest BCUT2D eigenvalue weighted by Crippen LogP contribution is -2.03. The number of thioether (sulfide) groups is 1. The molecule has 0 aliphatic heterocycles. The van der Waals surface area contributed by atoms with E-state index in [0.717, 1.165) is 27.0 Å². The summed E-state index contributed by atoms with van der Waals surface area (Å²) >= 11 is 1.55. The van der Waals surface area contributed by atoms with Gasteiger partial charge in [0, 0.05) is 24.3 Å². The first-order valence-electron chi connectivity index (χ1n) is 8.61. The Labute approximate surface area is 166 Å². The number of esters is 1. The van der Waals surface area contributed by atoms with Gasteiger partial charge >= 0.3 is 11.9 Å². The Morgan fingerprint density at radius 1 is 1.14 bits per heavy atom. The lowest BCUT2D eigenvalue weighted by molar-refractivity contribution is -0.137. The van der Waals surface area contributed by atoms with Crippen LogP contribution in [0.1, 0.15) is 18.9 Å². The predicted octanol–water partition coefficient (Wildman–Crippen LogP) is 4.77. The van der Waals surface area contributed by atoms with Crippen LogP contribution in [0.15, 0.2) is 45.7 Å². The summed E-state index contributed by atoms with van der Waals surface area (Å²) in [6.07, 6.45) is 2.51. The van der Waals surface area contributed by atoms with Gasteiger partial charge in [-0.3, -0.25) is 9.59 Å². The number of carbonyl (C=O) groups excluding carboxylic acids is 1. The van der Waals surface area contributed by atoms with Gasteiger partial charge in [-0.15, -0.1) is 11.8 Å². The molecule has 0 bridgehead atoms. The van der Waals surface area contributed by atoms with Gasteiger partial charge in [-0.25, -0.2) is 0 Å². The van der Waals surface area contributed by atoms with Crippen molar-refractivity contribution in [3.05, 3.63) is 42.0 Å². The number of ether oxygens (including phenoxy) is 2. The third-order valence-corrected chi connectivity index (χ3v) is 5.03. The molecule has 0 spiro atoms. The van der Waals surface area contributed by atoms with Crippen LogP contribution in [0.2, 0.25) is 0 Å². The summed E-state index contributed by atoms with van der Waals surface area (Å²) < 4.78 is 16.6. The molecule has 0 aliphatic rings. The predicted molar refractivity (Wildman–Crippen MR) is 107 cm³/mol. The van der Waals surface area contributed by atoms with Crippen LogP contribution in [0, 0.1) is 0 Å². The van der Waals surface area contributed by atoms with Crippen molar-refractivity contribution in [2.24, 2.45) is 0 Å². The minimum atomic E-state index is -0.821. The van der Waals surface area contributed by atoms with Crippen molar-refractivity contribution in [1.82, 2.24) is 0 Å². The van der Waals surface area contributed by atoms with Crippen LogP contribution in [-0.4, -0.2) is 30.4 Å². The number of aryl methyl sites for hydroxylation is 1. The molecule has 1 aromatic heterocycles. The number of carbonyl (C=O) groups is 2. The fourth-order valence-electron chi connectivity index (χ4n) is 2.97. The van der Waals surface area contributed by atoms with Crippen molar-refractivity contribution in [3.63, 3.8) is 0 Å².